The molecule has 6 heteroatoms. The van der Waals surface area contributed by atoms with Crippen LogP contribution in [-0.2, 0) is 4.79 Å². The van der Waals surface area contributed by atoms with Gasteiger partial charge in [0.05, 0.1) is 11.0 Å². The number of amides is 1. The number of rotatable bonds is 7. The molecule has 0 radical (unpaired) electrons. The van der Waals surface area contributed by atoms with Gasteiger partial charge in [0.15, 0.2) is 0 Å². The van der Waals surface area contributed by atoms with E-state index in [9.17, 15) is 4.79 Å². The van der Waals surface area contributed by atoms with E-state index in [-0.39, 0.29) is 23.6 Å². The summed E-state index contributed by atoms with van der Waals surface area (Å²) in [4.78, 5) is 12.1. The third-order valence-corrected chi connectivity index (χ3v) is 5.67. The predicted octanol–water partition coefficient (Wildman–Crippen LogP) is 3.92. The van der Waals surface area contributed by atoms with Crippen LogP contribution in [0.3, 0.4) is 0 Å². The smallest absolute Gasteiger partial charge is 0.230 e. The topological polar surface area (TPSA) is 41.1 Å². The lowest BCUT2D eigenvalue weighted by molar-refractivity contribution is -0.118. The van der Waals surface area contributed by atoms with E-state index >= 15 is 0 Å². The Labute approximate surface area is 164 Å². The lowest BCUT2D eigenvalue weighted by Gasteiger charge is -2.27. The summed E-state index contributed by atoms with van der Waals surface area (Å²) in [5.74, 6) is 1.13. The van der Waals surface area contributed by atoms with E-state index in [0.29, 0.717) is 11.7 Å². The van der Waals surface area contributed by atoms with E-state index in [0.717, 1.165) is 30.2 Å². The van der Waals surface area contributed by atoms with Crippen LogP contribution in [0.1, 0.15) is 16.4 Å². The number of benzene rings is 2. The second kappa shape index (κ2) is 10.1. The Morgan fingerprint density at radius 3 is 2.36 bits per heavy atom. The Hall–Kier alpha value is -1.20. The molecule has 2 aromatic rings. The van der Waals surface area contributed by atoms with Gasteiger partial charge in [-0.3, -0.25) is 4.79 Å². The second-order valence-corrected chi connectivity index (χ2v) is 7.51. The molecule has 3 rings (SSSR count). The number of halogens is 2. The third-order valence-electron chi connectivity index (χ3n) is 4.11. The van der Waals surface area contributed by atoms with Crippen LogP contribution in [0.5, 0.6) is 0 Å². The van der Waals surface area contributed by atoms with Crippen molar-refractivity contribution in [2.24, 2.45) is 5.92 Å². The monoisotopic (exact) mass is 396 g/mol. The summed E-state index contributed by atoms with van der Waals surface area (Å²) in [7, 11) is 0. The Bertz CT molecular complexity index is 663. The van der Waals surface area contributed by atoms with E-state index in [4.69, 9.17) is 11.6 Å². The lowest BCUT2D eigenvalue weighted by Crippen LogP contribution is -2.48. The van der Waals surface area contributed by atoms with E-state index in [1.165, 1.54) is 5.56 Å². The molecule has 0 bridgehead atoms. The normalized spacial score (nSPS) is 14.9. The summed E-state index contributed by atoms with van der Waals surface area (Å²) in [6.07, 6.45) is 0. The van der Waals surface area contributed by atoms with Gasteiger partial charge in [-0.25, -0.2) is 0 Å². The summed E-state index contributed by atoms with van der Waals surface area (Å²) >= 11 is 7.65. The molecule has 1 atom stereocenters. The lowest BCUT2D eigenvalue weighted by atomic mass is 10.0. The molecule has 1 saturated heterocycles. The molecule has 1 fully saturated rings. The van der Waals surface area contributed by atoms with Crippen LogP contribution in [0.25, 0.3) is 0 Å². The molecule has 1 aliphatic heterocycles. The Morgan fingerprint density at radius 2 is 1.76 bits per heavy atom. The van der Waals surface area contributed by atoms with Gasteiger partial charge in [-0.1, -0.05) is 54.1 Å². The zero-order valence-corrected chi connectivity index (χ0v) is 16.2. The number of carbonyl (C=O) groups is 1. The van der Waals surface area contributed by atoms with Crippen LogP contribution in [0.2, 0.25) is 5.02 Å². The second-order valence-electron chi connectivity index (χ2n) is 5.98. The average Bonchev–Trinajstić information content (AvgIpc) is 2.56. The summed E-state index contributed by atoms with van der Waals surface area (Å²) in [6.45, 7) is 2.78. The number of carbonyl (C=O) groups excluding carboxylic acids is 1. The molecular weight excluding hydrogens is 375 g/mol. The van der Waals surface area contributed by atoms with Crippen molar-refractivity contribution >= 4 is 41.7 Å². The van der Waals surface area contributed by atoms with Gasteiger partial charge in [-0.2, -0.15) is 0 Å². The van der Waals surface area contributed by atoms with Gasteiger partial charge in [0.2, 0.25) is 5.91 Å². The number of hydrogen-bond acceptors (Lipinski definition) is 3. The SMILES string of the molecule is Cl.O=C(CSC(c1ccccc1)c1ccc(Cl)cc1)NCC1CNC1. The standard InChI is InChI=1S/C19H21ClN2OS.ClH/c20-17-8-6-16(7-9-17)19(15-4-2-1-3-5-15)24-13-18(23)22-12-14-10-21-11-14;/h1-9,14,19,21H,10-13H2,(H,22,23);1H. The highest BCUT2D eigenvalue weighted by molar-refractivity contribution is 8.00. The van der Waals surface area contributed by atoms with Crippen molar-refractivity contribution in [3.63, 3.8) is 0 Å². The van der Waals surface area contributed by atoms with Gasteiger partial charge in [0.25, 0.3) is 0 Å². The van der Waals surface area contributed by atoms with Crippen molar-refractivity contribution in [1.29, 1.82) is 0 Å². The first-order valence-electron chi connectivity index (χ1n) is 8.12. The van der Waals surface area contributed by atoms with Crippen LogP contribution in [-0.4, -0.2) is 31.3 Å². The zero-order chi connectivity index (χ0) is 16.8. The number of nitrogens with one attached hydrogen (secondary N) is 2. The average molecular weight is 397 g/mol. The molecule has 134 valence electrons. The first kappa shape index (κ1) is 20.1. The fourth-order valence-electron chi connectivity index (χ4n) is 2.61. The fraction of sp³-hybridized carbons (Fsp3) is 0.316. The summed E-state index contributed by atoms with van der Waals surface area (Å²) in [5.41, 5.74) is 2.35. The molecule has 0 aromatic heterocycles. The molecule has 1 aliphatic rings. The van der Waals surface area contributed by atoms with Gasteiger partial charge < -0.3 is 10.6 Å². The minimum Gasteiger partial charge on any atom is -0.355 e. The van der Waals surface area contributed by atoms with E-state index in [1.807, 2.05) is 42.5 Å². The van der Waals surface area contributed by atoms with E-state index in [1.54, 1.807) is 11.8 Å². The summed E-state index contributed by atoms with van der Waals surface area (Å²) in [6, 6.07) is 18.1. The predicted molar refractivity (Wildman–Crippen MR) is 109 cm³/mol. The van der Waals surface area contributed by atoms with Crippen LogP contribution >= 0.6 is 35.8 Å². The third kappa shape index (κ3) is 5.93. The van der Waals surface area contributed by atoms with E-state index in [2.05, 4.69) is 22.8 Å². The fourth-order valence-corrected chi connectivity index (χ4v) is 3.86. The highest BCUT2D eigenvalue weighted by atomic mass is 35.5. The molecule has 1 amide bonds. The minimum absolute atomic E-state index is 0. The Balaban J connectivity index is 0.00000225. The van der Waals surface area contributed by atoms with Crippen LogP contribution in [0.15, 0.2) is 54.6 Å². The molecule has 2 aromatic carbocycles. The molecule has 0 saturated carbocycles. The van der Waals surface area contributed by atoms with Gasteiger partial charge in [-0.15, -0.1) is 24.2 Å². The maximum absolute atomic E-state index is 12.1. The molecule has 1 heterocycles. The molecule has 25 heavy (non-hydrogen) atoms. The van der Waals surface area contributed by atoms with Gasteiger partial charge in [-0.05, 0) is 23.3 Å². The first-order valence-corrected chi connectivity index (χ1v) is 9.54. The molecule has 2 N–H and O–H groups in total. The van der Waals surface area contributed by atoms with Gasteiger partial charge >= 0.3 is 0 Å². The Morgan fingerprint density at radius 1 is 1.12 bits per heavy atom. The molecule has 0 spiro atoms. The molecule has 1 unspecified atom stereocenters. The van der Waals surface area contributed by atoms with Crippen molar-refractivity contribution in [2.75, 3.05) is 25.4 Å². The van der Waals surface area contributed by atoms with Gasteiger partial charge in [0.1, 0.15) is 0 Å². The van der Waals surface area contributed by atoms with Crippen molar-refractivity contribution in [3.05, 3.63) is 70.7 Å². The van der Waals surface area contributed by atoms with E-state index < -0.39 is 0 Å². The summed E-state index contributed by atoms with van der Waals surface area (Å²) < 4.78 is 0. The van der Waals surface area contributed by atoms with Crippen LogP contribution in [0, 0.1) is 5.92 Å². The van der Waals surface area contributed by atoms with Crippen molar-refractivity contribution in [1.82, 2.24) is 10.6 Å². The maximum atomic E-state index is 12.1. The minimum atomic E-state index is 0. The Kier molecular flexibility index (Phi) is 8.10. The molecule has 3 nitrogen and oxygen atoms in total. The van der Waals surface area contributed by atoms with Crippen LogP contribution in [0.4, 0.5) is 0 Å². The largest absolute Gasteiger partial charge is 0.355 e. The highest BCUT2D eigenvalue weighted by Gasteiger charge is 2.19. The quantitative estimate of drug-likeness (QED) is 0.744. The van der Waals surface area contributed by atoms with Crippen molar-refractivity contribution in [3.8, 4) is 0 Å². The number of thioether (sulfide) groups is 1. The van der Waals surface area contributed by atoms with Crippen molar-refractivity contribution < 1.29 is 4.79 Å². The zero-order valence-electron chi connectivity index (χ0n) is 13.8. The number of hydrogen-bond donors (Lipinski definition) is 2. The van der Waals surface area contributed by atoms with Crippen molar-refractivity contribution in [2.45, 2.75) is 5.25 Å². The van der Waals surface area contributed by atoms with Gasteiger partial charge in [0, 0.05) is 30.6 Å². The first-order chi connectivity index (χ1) is 11.7. The molecular formula is C19H22Cl2N2OS. The molecule has 0 aliphatic carbocycles. The maximum Gasteiger partial charge on any atom is 0.230 e. The highest BCUT2D eigenvalue weighted by Crippen LogP contribution is 2.35. The van der Waals surface area contributed by atoms with Crippen LogP contribution < -0.4 is 10.6 Å². The summed E-state index contributed by atoms with van der Waals surface area (Å²) in [5, 5.41) is 7.10.